The highest BCUT2D eigenvalue weighted by Crippen LogP contribution is 2.28. The highest BCUT2D eigenvalue weighted by Gasteiger charge is 2.23. The van der Waals surface area contributed by atoms with E-state index in [1.807, 2.05) is 7.05 Å². The smallest absolute Gasteiger partial charge is 0.217 e. The van der Waals surface area contributed by atoms with E-state index in [0.717, 1.165) is 55.4 Å². The summed E-state index contributed by atoms with van der Waals surface area (Å²) in [5.74, 6) is 2.99. The zero-order chi connectivity index (χ0) is 15.4. The Morgan fingerprint density at radius 1 is 1.38 bits per heavy atom. The van der Waals surface area contributed by atoms with Crippen molar-refractivity contribution >= 4 is 17.5 Å². The van der Waals surface area contributed by atoms with Crippen LogP contribution in [0.15, 0.2) is 0 Å². The Morgan fingerprint density at radius 2 is 2.05 bits per heavy atom. The van der Waals surface area contributed by atoms with Crippen LogP contribution >= 0.6 is 0 Å². The van der Waals surface area contributed by atoms with Crippen LogP contribution in [0.5, 0.6) is 0 Å². The van der Waals surface area contributed by atoms with Crippen molar-refractivity contribution < 1.29 is 4.79 Å². The molecule has 1 aromatic rings. The number of amides is 1. The predicted molar refractivity (Wildman–Crippen MR) is 84.4 cm³/mol. The van der Waals surface area contributed by atoms with Crippen LogP contribution in [0.1, 0.15) is 37.6 Å². The Labute approximate surface area is 126 Å². The van der Waals surface area contributed by atoms with Crippen LogP contribution in [0.3, 0.4) is 0 Å². The van der Waals surface area contributed by atoms with Crippen LogP contribution in [0.2, 0.25) is 0 Å². The van der Waals surface area contributed by atoms with Crippen LogP contribution < -0.4 is 16.0 Å². The highest BCUT2D eigenvalue weighted by atomic mass is 16.1. The second kappa shape index (κ2) is 6.74. The summed E-state index contributed by atoms with van der Waals surface area (Å²) in [5.41, 5.74) is 6.37. The van der Waals surface area contributed by atoms with E-state index in [-0.39, 0.29) is 5.91 Å². The summed E-state index contributed by atoms with van der Waals surface area (Å²) < 4.78 is 0. The third-order valence-electron chi connectivity index (χ3n) is 4.12. The summed E-state index contributed by atoms with van der Waals surface area (Å²) in [6.45, 7) is 5.95. The van der Waals surface area contributed by atoms with Gasteiger partial charge in [0.05, 0.1) is 0 Å². The van der Waals surface area contributed by atoms with E-state index >= 15 is 0 Å². The molecule has 0 aliphatic carbocycles. The standard InChI is InChI=1S/C15H25N5O/c1-4-13-18-14(17-3)10(2)15(19-13)20-7-5-11(6-8-20)9-12(16)21/h11H,4-9H2,1-3H3,(H2,16,21)(H,17,18,19). The van der Waals surface area contributed by atoms with Crippen molar-refractivity contribution in [1.82, 2.24) is 9.97 Å². The van der Waals surface area contributed by atoms with Crippen LogP contribution in [0.25, 0.3) is 0 Å². The van der Waals surface area contributed by atoms with Gasteiger partial charge in [0.15, 0.2) is 0 Å². The molecule has 0 bridgehead atoms. The molecule has 116 valence electrons. The number of anilines is 2. The number of carbonyl (C=O) groups is 1. The second-order valence-corrected chi connectivity index (χ2v) is 5.64. The van der Waals surface area contributed by atoms with Gasteiger partial charge in [-0.1, -0.05) is 6.92 Å². The normalized spacial score (nSPS) is 16.0. The fraction of sp³-hybridized carbons (Fsp3) is 0.667. The topological polar surface area (TPSA) is 84.1 Å². The zero-order valence-electron chi connectivity index (χ0n) is 13.1. The van der Waals surface area contributed by atoms with Crippen LogP contribution in [-0.2, 0) is 11.2 Å². The van der Waals surface area contributed by atoms with Crippen molar-refractivity contribution in [3.63, 3.8) is 0 Å². The SMILES string of the molecule is CCc1nc(NC)c(C)c(N2CCC(CC(N)=O)CC2)n1. The van der Waals surface area contributed by atoms with E-state index in [2.05, 4.69) is 29.0 Å². The minimum atomic E-state index is -0.197. The Bertz CT molecular complexity index is 509. The van der Waals surface area contributed by atoms with Crippen molar-refractivity contribution in [3.8, 4) is 0 Å². The minimum absolute atomic E-state index is 0.197. The number of rotatable bonds is 5. The number of piperidine rings is 1. The molecule has 2 rings (SSSR count). The molecular formula is C15H25N5O. The fourth-order valence-electron chi connectivity index (χ4n) is 2.89. The number of hydrogen-bond donors (Lipinski definition) is 2. The number of nitrogens with two attached hydrogens (primary N) is 1. The van der Waals surface area contributed by atoms with Crippen molar-refractivity contribution in [2.45, 2.75) is 39.5 Å². The molecule has 6 heteroatoms. The van der Waals surface area contributed by atoms with Gasteiger partial charge < -0.3 is 16.0 Å². The molecule has 21 heavy (non-hydrogen) atoms. The third-order valence-corrected chi connectivity index (χ3v) is 4.12. The fourth-order valence-corrected chi connectivity index (χ4v) is 2.89. The van der Waals surface area contributed by atoms with Gasteiger partial charge in [-0.25, -0.2) is 9.97 Å². The maximum atomic E-state index is 11.0. The van der Waals surface area contributed by atoms with Crippen molar-refractivity contribution in [2.24, 2.45) is 11.7 Å². The Balaban J connectivity index is 2.14. The Morgan fingerprint density at radius 3 is 2.57 bits per heavy atom. The van der Waals surface area contributed by atoms with E-state index in [1.165, 1.54) is 0 Å². The van der Waals surface area contributed by atoms with Crippen LogP contribution in [-0.4, -0.2) is 36.0 Å². The van der Waals surface area contributed by atoms with Gasteiger partial charge in [-0.3, -0.25) is 4.79 Å². The summed E-state index contributed by atoms with van der Waals surface area (Å²) in [6, 6.07) is 0. The molecule has 0 atom stereocenters. The van der Waals surface area contributed by atoms with Gasteiger partial charge in [0.1, 0.15) is 17.5 Å². The monoisotopic (exact) mass is 291 g/mol. The number of hydrogen-bond acceptors (Lipinski definition) is 5. The molecule has 1 aromatic heterocycles. The Hall–Kier alpha value is -1.85. The molecule has 1 amide bonds. The maximum absolute atomic E-state index is 11.0. The maximum Gasteiger partial charge on any atom is 0.217 e. The summed E-state index contributed by atoms with van der Waals surface area (Å²) in [6.07, 6.45) is 3.30. The van der Waals surface area contributed by atoms with Crippen molar-refractivity contribution in [3.05, 3.63) is 11.4 Å². The van der Waals surface area contributed by atoms with Crippen LogP contribution in [0.4, 0.5) is 11.6 Å². The molecule has 1 saturated heterocycles. The summed E-state index contributed by atoms with van der Waals surface area (Å²) >= 11 is 0. The number of aryl methyl sites for hydroxylation is 1. The van der Waals surface area contributed by atoms with E-state index < -0.39 is 0 Å². The first-order chi connectivity index (χ1) is 10.0. The van der Waals surface area contributed by atoms with E-state index in [1.54, 1.807) is 0 Å². The van der Waals surface area contributed by atoms with Crippen LogP contribution in [0, 0.1) is 12.8 Å². The largest absolute Gasteiger partial charge is 0.373 e. The second-order valence-electron chi connectivity index (χ2n) is 5.64. The first-order valence-corrected chi connectivity index (χ1v) is 7.63. The average Bonchev–Trinajstić information content (AvgIpc) is 2.48. The van der Waals surface area contributed by atoms with Gasteiger partial charge in [0.2, 0.25) is 5.91 Å². The lowest BCUT2D eigenvalue weighted by molar-refractivity contribution is -0.119. The molecule has 6 nitrogen and oxygen atoms in total. The lowest BCUT2D eigenvalue weighted by Gasteiger charge is -2.33. The van der Waals surface area contributed by atoms with E-state index in [4.69, 9.17) is 10.7 Å². The number of carbonyl (C=O) groups excluding carboxylic acids is 1. The van der Waals surface area contributed by atoms with Gasteiger partial charge in [-0.15, -0.1) is 0 Å². The molecule has 0 spiro atoms. The molecule has 1 aliphatic heterocycles. The number of primary amides is 1. The first-order valence-electron chi connectivity index (χ1n) is 7.63. The highest BCUT2D eigenvalue weighted by molar-refractivity contribution is 5.74. The summed E-state index contributed by atoms with van der Waals surface area (Å²) in [7, 11) is 1.89. The van der Waals surface area contributed by atoms with E-state index in [0.29, 0.717) is 12.3 Å². The summed E-state index contributed by atoms with van der Waals surface area (Å²) in [5, 5.41) is 3.15. The predicted octanol–water partition coefficient (Wildman–Crippen LogP) is 1.48. The van der Waals surface area contributed by atoms with Gasteiger partial charge in [-0.2, -0.15) is 0 Å². The molecule has 0 saturated carbocycles. The summed E-state index contributed by atoms with van der Waals surface area (Å²) in [4.78, 5) is 22.5. The zero-order valence-corrected chi connectivity index (χ0v) is 13.1. The average molecular weight is 291 g/mol. The van der Waals surface area contributed by atoms with Crippen molar-refractivity contribution in [1.29, 1.82) is 0 Å². The van der Waals surface area contributed by atoms with E-state index in [9.17, 15) is 4.79 Å². The first kappa shape index (κ1) is 15.5. The molecular weight excluding hydrogens is 266 g/mol. The van der Waals surface area contributed by atoms with Gasteiger partial charge >= 0.3 is 0 Å². The minimum Gasteiger partial charge on any atom is -0.373 e. The van der Waals surface area contributed by atoms with Gasteiger partial charge in [0.25, 0.3) is 0 Å². The van der Waals surface area contributed by atoms with Gasteiger partial charge in [0, 0.05) is 38.5 Å². The number of nitrogens with one attached hydrogen (secondary N) is 1. The molecule has 3 N–H and O–H groups in total. The number of aromatic nitrogens is 2. The van der Waals surface area contributed by atoms with Gasteiger partial charge in [-0.05, 0) is 25.7 Å². The Kier molecular flexibility index (Phi) is 4.98. The molecule has 0 radical (unpaired) electrons. The quantitative estimate of drug-likeness (QED) is 0.858. The third kappa shape index (κ3) is 3.62. The van der Waals surface area contributed by atoms with Crippen molar-refractivity contribution in [2.75, 3.05) is 30.4 Å². The molecule has 2 heterocycles. The lowest BCUT2D eigenvalue weighted by atomic mass is 9.93. The lowest BCUT2D eigenvalue weighted by Crippen LogP contribution is -2.36. The molecule has 0 aromatic carbocycles. The molecule has 1 fully saturated rings. The molecule has 0 unspecified atom stereocenters. The number of nitrogens with zero attached hydrogens (tertiary/aromatic N) is 3. The molecule has 1 aliphatic rings.